The molecular formula is C21H22N4O5. The number of carboxylic acids is 1. The maximum atomic E-state index is 12.4. The Morgan fingerprint density at radius 3 is 2.77 bits per heavy atom. The topological polar surface area (TPSA) is 125 Å². The van der Waals surface area contributed by atoms with Gasteiger partial charge in [-0.05, 0) is 30.0 Å². The van der Waals surface area contributed by atoms with Crippen LogP contribution in [0.1, 0.15) is 24.5 Å². The Bertz CT molecular complexity index is 1070. The summed E-state index contributed by atoms with van der Waals surface area (Å²) < 4.78 is 1.69. The van der Waals surface area contributed by atoms with Gasteiger partial charge in [-0.2, -0.15) is 0 Å². The van der Waals surface area contributed by atoms with Gasteiger partial charge in [0.25, 0.3) is 0 Å². The number of amides is 2. The number of anilines is 1. The molecule has 1 fully saturated rings. The number of nitrogens with zero attached hydrogens (tertiary/aromatic N) is 3. The van der Waals surface area contributed by atoms with Crippen LogP contribution < -0.4 is 5.32 Å². The third kappa shape index (κ3) is 3.26. The van der Waals surface area contributed by atoms with Gasteiger partial charge in [-0.25, -0.2) is 9.78 Å². The lowest BCUT2D eigenvalue weighted by atomic mass is 9.82. The molecule has 0 bridgehead atoms. The molecule has 30 heavy (non-hydrogen) atoms. The molecule has 0 unspecified atom stereocenters. The van der Waals surface area contributed by atoms with Gasteiger partial charge >= 0.3 is 5.97 Å². The summed E-state index contributed by atoms with van der Waals surface area (Å²) in [6.45, 7) is 1.54. The van der Waals surface area contributed by atoms with E-state index in [9.17, 15) is 24.6 Å². The number of benzene rings is 1. The standard InChI is InChI=1S/C21H22N4O5/c1-11(26)17-15-10-14(18(20(29)30)25(15)19(17)28)13-5-3-4-12(8-13)9-16(27)23-21-22-6-7-24(21)2/h3-8,11,15,17,26H,9-10H2,1-2H3,(H,29,30)(H,22,23,27)/t11-,15-,17-/m1/s1. The number of hydrogen-bond donors (Lipinski definition) is 3. The predicted octanol–water partition coefficient (Wildman–Crippen LogP) is 1.01. The second kappa shape index (κ2) is 7.42. The first-order valence-corrected chi connectivity index (χ1v) is 9.62. The molecule has 9 nitrogen and oxygen atoms in total. The maximum Gasteiger partial charge on any atom is 0.352 e. The van der Waals surface area contributed by atoms with Crippen molar-refractivity contribution in [2.24, 2.45) is 13.0 Å². The molecule has 2 aliphatic heterocycles. The summed E-state index contributed by atoms with van der Waals surface area (Å²) in [6.07, 6.45) is 2.92. The Balaban J connectivity index is 1.57. The Kier molecular flexibility index (Phi) is 4.90. The van der Waals surface area contributed by atoms with Crippen molar-refractivity contribution < 1.29 is 24.6 Å². The summed E-state index contributed by atoms with van der Waals surface area (Å²) in [5.74, 6) is -1.94. The molecule has 1 aromatic carbocycles. The number of aliphatic hydroxyl groups is 1. The number of carbonyl (C=O) groups is 3. The van der Waals surface area contributed by atoms with Crippen molar-refractivity contribution in [3.63, 3.8) is 0 Å². The minimum atomic E-state index is -1.18. The molecule has 0 saturated carbocycles. The molecule has 3 N–H and O–H groups in total. The van der Waals surface area contributed by atoms with Crippen molar-refractivity contribution >= 4 is 29.3 Å². The zero-order valence-corrected chi connectivity index (χ0v) is 16.6. The summed E-state index contributed by atoms with van der Waals surface area (Å²) in [6, 6.07) is 6.73. The van der Waals surface area contributed by atoms with Crippen LogP contribution in [0.25, 0.3) is 5.57 Å². The van der Waals surface area contributed by atoms with Gasteiger partial charge < -0.3 is 19.7 Å². The minimum absolute atomic E-state index is 0.0449. The fourth-order valence-electron chi connectivity index (χ4n) is 4.24. The van der Waals surface area contributed by atoms with E-state index in [1.54, 1.807) is 55.2 Å². The molecular weight excluding hydrogens is 388 g/mol. The van der Waals surface area contributed by atoms with Crippen LogP contribution in [-0.4, -0.2) is 54.6 Å². The third-order valence-corrected chi connectivity index (χ3v) is 5.64. The van der Waals surface area contributed by atoms with E-state index in [2.05, 4.69) is 10.3 Å². The van der Waals surface area contributed by atoms with Crippen molar-refractivity contribution in [2.75, 3.05) is 5.32 Å². The summed E-state index contributed by atoms with van der Waals surface area (Å²) in [4.78, 5) is 42.0. The van der Waals surface area contributed by atoms with E-state index >= 15 is 0 Å². The summed E-state index contributed by atoms with van der Waals surface area (Å²) in [5.41, 5.74) is 1.86. The Morgan fingerprint density at radius 1 is 1.37 bits per heavy atom. The van der Waals surface area contributed by atoms with E-state index in [1.807, 2.05) is 0 Å². The normalized spacial score (nSPS) is 21.3. The molecule has 2 aliphatic rings. The number of aliphatic carboxylic acids is 1. The van der Waals surface area contributed by atoms with E-state index in [0.29, 0.717) is 29.1 Å². The first-order chi connectivity index (χ1) is 14.3. The minimum Gasteiger partial charge on any atom is -0.477 e. The Morgan fingerprint density at radius 2 is 2.13 bits per heavy atom. The van der Waals surface area contributed by atoms with Crippen molar-refractivity contribution in [3.8, 4) is 0 Å². The van der Waals surface area contributed by atoms with Crippen LogP contribution in [0.4, 0.5) is 5.95 Å². The van der Waals surface area contributed by atoms with Crippen molar-refractivity contribution in [2.45, 2.75) is 31.9 Å². The SMILES string of the molecule is C[C@@H](O)[C@H]1C(=O)N2C(C(=O)O)=C(c3cccc(CC(=O)Nc4nccn4C)c3)C[C@H]12. The zero-order valence-electron chi connectivity index (χ0n) is 16.6. The highest BCUT2D eigenvalue weighted by molar-refractivity contribution is 6.06. The van der Waals surface area contributed by atoms with Crippen LogP contribution in [0.15, 0.2) is 42.4 Å². The third-order valence-electron chi connectivity index (χ3n) is 5.64. The number of β-lactam (4-membered cyclic amide) rings is 1. The molecule has 1 saturated heterocycles. The quantitative estimate of drug-likeness (QED) is 0.611. The number of imidazole rings is 1. The average Bonchev–Trinajstić information content (AvgIpc) is 3.23. The number of carboxylic acid groups (broad SMARTS) is 1. The highest BCUT2D eigenvalue weighted by atomic mass is 16.4. The van der Waals surface area contributed by atoms with Crippen LogP contribution in [0.3, 0.4) is 0 Å². The first-order valence-electron chi connectivity index (χ1n) is 9.62. The number of nitrogens with one attached hydrogen (secondary N) is 1. The molecule has 2 aromatic rings. The highest BCUT2D eigenvalue weighted by Gasteiger charge is 2.56. The first kappa shape index (κ1) is 19.8. The second-order valence-corrected chi connectivity index (χ2v) is 7.67. The summed E-state index contributed by atoms with van der Waals surface area (Å²) >= 11 is 0. The average molecular weight is 410 g/mol. The van der Waals surface area contributed by atoms with Crippen LogP contribution >= 0.6 is 0 Å². The number of aryl methyl sites for hydroxylation is 1. The zero-order chi connectivity index (χ0) is 21.6. The predicted molar refractivity (Wildman–Crippen MR) is 107 cm³/mol. The number of aliphatic hydroxyl groups excluding tert-OH is 1. The smallest absolute Gasteiger partial charge is 0.352 e. The largest absolute Gasteiger partial charge is 0.477 e. The molecule has 9 heteroatoms. The molecule has 1 aromatic heterocycles. The molecule has 0 spiro atoms. The Labute approximate surface area is 172 Å². The number of fused-ring (bicyclic) bond motifs is 1. The highest BCUT2D eigenvalue weighted by Crippen LogP contribution is 2.46. The van der Waals surface area contributed by atoms with E-state index < -0.39 is 18.0 Å². The molecule has 3 atom stereocenters. The molecule has 156 valence electrons. The van der Waals surface area contributed by atoms with Gasteiger partial charge in [-0.1, -0.05) is 24.3 Å². The Hall–Kier alpha value is -3.46. The van der Waals surface area contributed by atoms with E-state index in [4.69, 9.17) is 0 Å². The lowest BCUT2D eigenvalue weighted by molar-refractivity contribution is -0.161. The van der Waals surface area contributed by atoms with Gasteiger partial charge in [-0.3, -0.25) is 14.9 Å². The van der Waals surface area contributed by atoms with E-state index in [1.165, 1.54) is 4.90 Å². The monoisotopic (exact) mass is 410 g/mol. The molecule has 0 aliphatic carbocycles. The number of hydrogen-bond acceptors (Lipinski definition) is 5. The number of carbonyl (C=O) groups excluding carboxylic acids is 2. The fourth-order valence-corrected chi connectivity index (χ4v) is 4.24. The van der Waals surface area contributed by atoms with Crippen molar-refractivity contribution in [1.82, 2.24) is 14.5 Å². The van der Waals surface area contributed by atoms with Crippen LogP contribution in [0, 0.1) is 5.92 Å². The number of aromatic nitrogens is 2. The van der Waals surface area contributed by atoms with Crippen molar-refractivity contribution in [1.29, 1.82) is 0 Å². The van der Waals surface area contributed by atoms with Gasteiger partial charge in [0.05, 0.1) is 24.5 Å². The van der Waals surface area contributed by atoms with Gasteiger partial charge in [0.1, 0.15) is 5.70 Å². The number of rotatable bonds is 6. The molecule has 3 heterocycles. The lowest BCUT2D eigenvalue weighted by Crippen LogP contribution is -2.61. The maximum absolute atomic E-state index is 12.4. The van der Waals surface area contributed by atoms with Gasteiger partial charge in [-0.15, -0.1) is 0 Å². The van der Waals surface area contributed by atoms with Crippen LogP contribution in [0.5, 0.6) is 0 Å². The molecule has 0 radical (unpaired) electrons. The fraction of sp³-hybridized carbons (Fsp3) is 0.333. The van der Waals surface area contributed by atoms with Gasteiger partial charge in [0.2, 0.25) is 17.8 Å². The summed E-state index contributed by atoms with van der Waals surface area (Å²) in [5, 5.41) is 22.3. The van der Waals surface area contributed by atoms with Crippen LogP contribution in [-0.2, 0) is 27.9 Å². The second-order valence-electron chi connectivity index (χ2n) is 7.67. The molecule has 2 amide bonds. The molecule has 4 rings (SSSR count). The summed E-state index contributed by atoms with van der Waals surface area (Å²) in [7, 11) is 1.77. The van der Waals surface area contributed by atoms with Gasteiger partial charge in [0, 0.05) is 19.4 Å². The lowest BCUT2D eigenvalue weighted by Gasteiger charge is -2.44. The van der Waals surface area contributed by atoms with E-state index in [-0.39, 0.29) is 30.0 Å². The van der Waals surface area contributed by atoms with Crippen LogP contribution in [0.2, 0.25) is 0 Å². The van der Waals surface area contributed by atoms with Crippen molar-refractivity contribution in [3.05, 3.63) is 53.5 Å². The van der Waals surface area contributed by atoms with Gasteiger partial charge in [0.15, 0.2) is 0 Å². The van der Waals surface area contributed by atoms with E-state index in [0.717, 1.165) is 0 Å².